The normalized spacial score (nSPS) is 19.4. The van der Waals surface area contributed by atoms with Gasteiger partial charge in [0.15, 0.2) is 0 Å². The van der Waals surface area contributed by atoms with Gasteiger partial charge in [-0.15, -0.1) is 0 Å². The number of carbonyl (C=O) groups excluding carboxylic acids is 1. The minimum absolute atomic E-state index is 0.178. The Hall–Kier alpha value is -0.610. The minimum atomic E-state index is 0.178. The van der Waals surface area contributed by atoms with Crippen molar-refractivity contribution in [1.82, 2.24) is 10.2 Å². The van der Waals surface area contributed by atoms with Gasteiger partial charge in [0.2, 0.25) is 5.91 Å². The maximum Gasteiger partial charge on any atom is 0.226 e. The second-order valence-corrected chi connectivity index (χ2v) is 4.45. The van der Waals surface area contributed by atoms with Gasteiger partial charge in [0.25, 0.3) is 0 Å². The molecule has 0 aromatic rings. The molecule has 0 saturated carbocycles. The van der Waals surface area contributed by atoms with Crippen LogP contribution in [0.1, 0.15) is 26.7 Å². The Kier molecular flexibility index (Phi) is 5.77. The van der Waals surface area contributed by atoms with E-state index in [4.69, 9.17) is 4.74 Å². The average molecular weight is 228 g/mol. The fourth-order valence-corrected chi connectivity index (χ4v) is 2.32. The van der Waals surface area contributed by atoms with Gasteiger partial charge in [0.1, 0.15) is 0 Å². The van der Waals surface area contributed by atoms with E-state index in [9.17, 15) is 4.79 Å². The summed E-state index contributed by atoms with van der Waals surface area (Å²) in [6.45, 7) is 7.40. The van der Waals surface area contributed by atoms with Gasteiger partial charge in [-0.3, -0.25) is 4.79 Å². The second-order valence-electron chi connectivity index (χ2n) is 4.45. The van der Waals surface area contributed by atoms with Crippen LogP contribution in [0.25, 0.3) is 0 Å². The number of carbonyl (C=O) groups is 1. The van der Waals surface area contributed by atoms with Gasteiger partial charge in [0, 0.05) is 19.6 Å². The van der Waals surface area contributed by atoms with Crippen LogP contribution in [-0.2, 0) is 9.53 Å². The van der Waals surface area contributed by atoms with E-state index in [2.05, 4.69) is 5.32 Å². The lowest BCUT2D eigenvalue weighted by Gasteiger charge is -2.32. The average Bonchev–Trinajstić information content (AvgIpc) is 2.31. The molecule has 0 aliphatic carbocycles. The molecule has 0 aromatic carbocycles. The monoisotopic (exact) mass is 228 g/mol. The molecule has 0 radical (unpaired) electrons. The van der Waals surface area contributed by atoms with Crippen LogP contribution in [0.2, 0.25) is 0 Å². The summed E-state index contributed by atoms with van der Waals surface area (Å²) in [5.74, 6) is 0.508. The lowest BCUT2D eigenvalue weighted by Crippen LogP contribution is -2.46. The molecule has 1 rings (SSSR count). The molecule has 0 bridgehead atoms. The molecule has 1 aliphatic rings. The topological polar surface area (TPSA) is 41.6 Å². The van der Waals surface area contributed by atoms with Gasteiger partial charge in [-0.05, 0) is 39.8 Å². The molecule has 4 heteroatoms. The standard InChI is InChI=1S/C12H24N2O2/c1-4-14(10(2)9-16-3)12(15)11-5-7-13-8-6-11/h10-11,13H,4-9H2,1-3H3. The van der Waals surface area contributed by atoms with E-state index in [0.717, 1.165) is 32.5 Å². The summed E-state index contributed by atoms with van der Waals surface area (Å²) >= 11 is 0. The number of ether oxygens (including phenoxy) is 1. The van der Waals surface area contributed by atoms with E-state index in [1.807, 2.05) is 18.7 Å². The van der Waals surface area contributed by atoms with Crippen molar-refractivity contribution < 1.29 is 9.53 Å². The predicted molar refractivity (Wildman–Crippen MR) is 64.3 cm³/mol. The van der Waals surface area contributed by atoms with Crippen LogP contribution in [0.15, 0.2) is 0 Å². The maximum atomic E-state index is 12.3. The molecule has 0 aromatic heterocycles. The molecule has 94 valence electrons. The van der Waals surface area contributed by atoms with Crippen LogP contribution in [-0.4, -0.2) is 50.2 Å². The molecule has 1 fully saturated rings. The Morgan fingerprint density at radius 2 is 2.12 bits per heavy atom. The number of likely N-dealkylation sites (N-methyl/N-ethyl adjacent to an activating group) is 1. The first kappa shape index (κ1) is 13.5. The summed E-state index contributed by atoms with van der Waals surface area (Å²) in [6, 6.07) is 0.178. The number of amides is 1. The van der Waals surface area contributed by atoms with E-state index in [0.29, 0.717) is 12.5 Å². The second kappa shape index (κ2) is 6.86. The van der Waals surface area contributed by atoms with Crippen LogP contribution >= 0.6 is 0 Å². The first-order valence-corrected chi connectivity index (χ1v) is 6.20. The highest BCUT2D eigenvalue weighted by atomic mass is 16.5. The molecule has 1 saturated heterocycles. The molecule has 16 heavy (non-hydrogen) atoms. The van der Waals surface area contributed by atoms with E-state index in [1.165, 1.54) is 0 Å². The third-order valence-corrected chi connectivity index (χ3v) is 3.25. The Balaban J connectivity index is 2.53. The summed E-state index contributed by atoms with van der Waals surface area (Å²) in [6.07, 6.45) is 1.93. The van der Waals surface area contributed by atoms with Crippen LogP contribution in [0.4, 0.5) is 0 Å². The van der Waals surface area contributed by atoms with Gasteiger partial charge in [-0.1, -0.05) is 0 Å². The number of hydrogen-bond donors (Lipinski definition) is 1. The number of piperidine rings is 1. The smallest absolute Gasteiger partial charge is 0.226 e. The van der Waals surface area contributed by atoms with E-state index >= 15 is 0 Å². The molecule has 1 aliphatic heterocycles. The molecule has 0 spiro atoms. The van der Waals surface area contributed by atoms with Crippen molar-refractivity contribution in [1.29, 1.82) is 0 Å². The zero-order valence-electron chi connectivity index (χ0n) is 10.7. The Labute approximate surface area is 98.3 Å². The van der Waals surface area contributed by atoms with Crippen LogP contribution in [0.5, 0.6) is 0 Å². The summed E-state index contributed by atoms with van der Waals surface area (Å²) in [4.78, 5) is 14.2. The maximum absolute atomic E-state index is 12.3. The van der Waals surface area contributed by atoms with Crippen molar-refractivity contribution in [3.05, 3.63) is 0 Å². The van der Waals surface area contributed by atoms with Gasteiger partial charge < -0.3 is 15.0 Å². The highest BCUT2D eigenvalue weighted by Gasteiger charge is 2.27. The van der Waals surface area contributed by atoms with Crippen molar-refractivity contribution in [3.8, 4) is 0 Å². The summed E-state index contributed by atoms with van der Waals surface area (Å²) in [7, 11) is 1.68. The molecule has 1 amide bonds. The van der Waals surface area contributed by atoms with Gasteiger partial charge >= 0.3 is 0 Å². The van der Waals surface area contributed by atoms with Crippen molar-refractivity contribution in [2.75, 3.05) is 33.4 Å². The Morgan fingerprint density at radius 3 is 2.62 bits per heavy atom. The van der Waals surface area contributed by atoms with Gasteiger partial charge in [-0.2, -0.15) is 0 Å². The summed E-state index contributed by atoms with van der Waals surface area (Å²) in [5.41, 5.74) is 0. The van der Waals surface area contributed by atoms with E-state index in [-0.39, 0.29) is 12.0 Å². The Bertz CT molecular complexity index is 215. The quantitative estimate of drug-likeness (QED) is 0.759. The third kappa shape index (κ3) is 3.46. The molecule has 1 N–H and O–H groups in total. The highest BCUT2D eigenvalue weighted by molar-refractivity contribution is 5.79. The molecular formula is C12H24N2O2. The Morgan fingerprint density at radius 1 is 1.50 bits per heavy atom. The molecular weight excluding hydrogens is 204 g/mol. The number of hydrogen-bond acceptors (Lipinski definition) is 3. The van der Waals surface area contributed by atoms with Crippen molar-refractivity contribution >= 4 is 5.91 Å². The zero-order chi connectivity index (χ0) is 12.0. The van der Waals surface area contributed by atoms with E-state index < -0.39 is 0 Å². The van der Waals surface area contributed by atoms with Crippen molar-refractivity contribution in [2.45, 2.75) is 32.7 Å². The number of nitrogens with zero attached hydrogens (tertiary/aromatic N) is 1. The lowest BCUT2D eigenvalue weighted by molar-refractivity contribution is -0.139. The third-order valence-electron chi connectivity index (χ3n) is 3.25. The fraction of sp³-hybridized carbons (Fsp3) is 0.917. The summed E-state index contributed by atoms with van der Waals surface area (Å²) in [5, 5.41) is 3.29. The largest absolute Gasteiger partial charge is 0.383 e. The van der Waals surface area contributed by atoms with Crippen LogP contribution in [0, 0.1) is 5.92 Å². The molecule has 1 atom stereocenters. The predicted octanol–water partition coefficient (Wildman–Crippen LogP) is 0.869. The van der Waals surface area contributed by atoms with Gasteiger partial charge in [-0.25, -0.2) is 0 Å². The summed E-state index contributed by atoms with van der Waals surface area (Å²) < 4.78 is 5.12. The molecule has 4 nitrogen and oxygen atoms in total. The van der Waals surface area contributed by atoms with E-state index in [1.54, 1.807) is 7.11 Å². The zero-order valence-corrected chi connectivity index (χ0v) is 10.7. The number of rotatable bonds is 5. The van der Waals surface area contributed by atoms with Crippen LogP contribution < -0.4 is 5.32 Å². The SMILES string of the molecule is CCN(C(=O)C1CCNCC1)C(C)COC. The number of methoxy groups -OCH3 is 1. The van der Waals surface area contributed by atoms with Gasteiger partial charge in [0.05, 0.1) is 12.6 Å². The van der Waals surface area contributed by atoms with Crippen molar-refractivity contribution in [2.24, 2.45) is 5.92 Å². The first-order chi connectivity index (χ1) is 7.70. The molecule has 1 unspecified atom stereocenters. The number of nitrogens with one attached hydrogen (secondary N) is 1. The first-order valence-electron chi connectivity index (χ1n) is 6.20. The minimum Gasteiger partial charge on any atom is -0.383 e. The molecule has 1 heterocycles. The lowest BCUT2D eigenvalue weighted by atomic mass is 9.96. The van der Waals surface area contributed by atoms with Crippen LogP contribution in [0.3, 0.4) is 0 Å². The highest BCUT2D eigenvalue weighted by Crippen LogP contribution is 2.16. The van der Waals surface area contributed by atoms with Crippen molar-refractivity contribution in [3.63, 3.8) is 0 Å². The fourth-order valence-electron chi connectivity index (χ4n) is 2.32.